The summed E-state index contributed by atoms with van der Waals surface area (Å²) in [5.74, 6) is 1.12. The normalized spacial score (nSPS) is 15.0. The number of aromatic hydroxyl groups is 1. The molecule has 5 nitrogen and oxygen atoms in total. The van der Waals surface area contributed by atoms with Crippen molar-refractivity contribution in [3.63, 3.8) is 0 Å². The fourth-order valence-electron chi connectivity index (χ4n) is 4.72. The number of rotatable bonds is 11. The molecule has 4 rings (SSSR count). The highest BCUT2D eigenvalue weighted by atomic mass is 16.5. The average Bonchev–Trinajstić information content (AvgIpc) is 2.90. The van der Waals surface area contributed by atoms with E-state index in [1.165, 1.54) is 11.1 Å². The highest BCUT2D eigenvalue weighted by molar-refractivity contribution is 5.41. The van der Waals surface area contributed by atoms with Gasteiger partial charge in [0.05, 0.1) is 7.11 Å². The van der Waals surface area contributed by atoms with Crippen molar-refractivity contribution in [2.75, 3.05) is 52.9 Å². The Labute approximate surface area is 204 Å². The number of nitrogens with one attached hydrogen (secondary N) is 1. The van der Waals surface area contributed by atoms with Gasteiger partial charge >= 0.3 is 0 Å². The first kappa shape index (κ1) is 24.3. The summed E-state index contributed by atoms with van der Waals surface area (Å²) in [7, 11) is 1.58. The third-order valence-electron chi connectivity index (χ3n) is 6.71. The van der Waals surface area contributed by atoms with Crippen molar-refractivity contribution in [2.45, 2.75) is 18.9 Å². The lowest BCUT2D eigenvalue weighted by Gasteiger charge is -2.36. The Morgan fingerprint density at radius 3 is 2.09 bits per heavy atom. The maximum absolute atomic E-state index is 9.72. The SMILES string of the molecule is COc1cc(CNCCCN2CCN(CC(c3ccccc3)c3ccccc3)CC2)ccc1O. The minimum absolute atomic E-state index is 0.184. The summed E-state index contributed by atoms with van der Waals surface area (Å²) in [5, 5.41) is 13.2. The van der Waals surface area contributed by atoms with Crippen LogP contribution in [0, 0.1) is 0 Å². The number of ether oxygens (including phenoxy) is 1. The lowest BCUT2D eigenvalue weighted by molar-refractivity contribution is 0.128. The van der Waals surface area contributed by atoms with Crippen molar-refractivity contribution in [2.24, 2.45) is 0 Å². The van der Waals surface area contributed by atoms with E-state index < -0.39 is 0 Å². The molecule has 0 bridgehead atoms. The van der Waals surface area contributed by atoms with Gasteiger partial charge in [-0.15, -0.1) is 0 Å². The quantitative estimate of drug-likeness (QED) is 0.418. The molecule has 0 unspecified atom stereocenters. The minimum atomic E-state index is 0.184. The number of hydrogen-bond donors (Lipinski definition) is 2. The van der Waals surface area contributed by atoms with Gasteiger partial charge in [-0.25, -0.2) is 0 Å². The zero-order valence-corrected chi connectivity index (χ0v) is 20.2. The first-order chi connectivity index (χ1) is 16.7. The predicted octanol–water partition coefficient (Wildman–Crippen LogP) is 4.33. The van der Waals surface area contributed by atoms with E-state index in [4.69, 9.17) is 4.74 Å². The molecular weight excluding hydrogens is 422 g/mol. The maximum atomic E-state index is 9.72. The highest BCUT2D eigenvalue weighted by Crippen LogP contribution is 2.27. The van der Waals surface area contributed by atoms with Gasteiger partial charge < -0.3 is 20.1 Å². The van der Waals surface area contributed by atoms with Crippen LogP contribution in [-0.2, 0) is 6.54 Å². The number of phenolic OH excluding ortho intramolecular Hbond substituents is 1. The Morgan fingerprint density at radius 1 is 0.853 bits per heavy atom. The minimum Gasteiger partial charge on any atom is -0.504 e. The largest absolute Gasteiger partial charge is 0.504 e. The van der Waals surface area contributed by atoms with Crippen LogP contribution in [0.4, 0.5) is 0 Å². The molecule has 3 aromatic carbocycles. The van der Waals surface area contributed by atoms with Crippen LogP contribution < -0.4 is 10.1 Å². The van der Waals surface area contributed by atoms with Gasteiger partial charge in [0.1, 0.15) is 0 Å². The molecule has 0 spiro atoms. The molecule has 1 aliphatic rings. The van der Waals surface area contributed by atoms with Crippen molar-refractivity contribution in [1.29, 1.82) is 0 Å². The van der Waals surface area contributed by atoms with Crippen LogP contribution in [0.5, 0.6) is 11.5 Å². The van der Waals surface area contributed by atoms with Gasteiger partial charge in [-0.2, -0.15) is 0 Å². The summed E-state index contributed by atoms with van der Waals surface area (Å²) in [6.45, 7) is 8.46. The van der Waals surface area contributed by atoms with Crippen molar-refractivity contribution >= 4 is 0 Å². The zero-order chi connectivity index (χ0) is 23.6. The van der Waals surface area contributed by atoms with E-state index >= 15 is 0 Å². The number of hydrogen-bond acceptors (Lipinski definition) is 5. The van der Waals surface area contributed by atoms with Crippen LogP contribution in [0.2, 0.25) is 0 Å². The zero-order valence-electron chi connectivity index (χ0n) is 20.2. The van der Waals surface area contributed by atoms with Gasteiger partial charge in [-0.05, 0) is 48.3 Å². The summed E-state index contributed by atoms with van der Waals surface area (Å²) in [6, 6.07) is 27.3. The van der Waals surface area contributed by atoms with Gasteiger partial charge in [0.2, 0.25) is 0 Å². The number of nitrogens with zero attached hydrogens (tertiary/aromatic N) is 2. The van der Waals surface area contributed by atoms with Crippen molar-refractivity contribution in [3.05, 3.63) is 95.6 Å². The highest BCUT2D eigenvalue weighted by Gasteiger charge is 2.22. The van der Waals surface area contributed by atoms with Crippen LogP contribution in [0.15, 0.2) is 78.9 Å². The van der Waals surface area contributed by atoms with Gasteiger partial charge in [0.15, 0.2) is 11.5 Å². The van der Waals surface area contributed by atoms with Crippen LogP contribution in [0.1, 0.15) is 29.0 Å². The third kappa shape index (κ3) is 6.83. The molecule has 1 heterocycles. The summed E-state index contributed by atoms with van der Waals surface area (Å²) < 4.78 is 5.19. The van der Waals surface area contributed by atoms with E-state index in [0.29, 0.717) is 11.7 Å². The summed E-state index contributed by atoms with van der Waals surface area (Å²) in [6.07, 6.45) is 1.13. The molecule has 0 radical (unpaired) electrons. The Bertz CT molecular complexity index is 949. The number of phenols is 1. The van der Waals surface area contributed by atoms with Crippen molar-refractivity contribution in [3.8, 4) is 11.5 Å². The first-order valence-corrected chi connectivity index (χ1v) is 12.3. The molecule has 1 aliphatic heterocycles. The Morgan fingerprint density at radius 2 is 1.47 bits per heavy atom. The van der Waals surface area contributed by atoms with Crippen LogP contribution >= 0.6 is 0 Å². The van der Waals surface area contributed by atoms with Gasteiger partial charge in [-0.3, -0.25) is 4.90 Å². The van der Waals surface area contributed by atoms with Crippen molar-refractivity contribution in [1.82, 2.24) is 15.1 Å². The monoisotopic (exact) mass is 459 g/mol. The summed E-state index contributed by atoms with van der Waals surface area (Å²) >= 11 is 0. The summed E-state index contributed by atoms with van der Waals surface area (Å²) in [4.78, 5) is 5.21. The first-order valence-electron chi connectivity index (χ1n) is 12.3. The molecule has 1 fully saturated rings. The maximum Gasteiger partial charge on any atom is 0.160 e. The van der Waals surface area contributed by atoms with E-state index in [9.17, 15) is 5.11 Å². The number of benzene rings is 3. The Balaban J connectivity index is 1.19. The lowest BCUT2D eigenvalue weighted by Crippen LogP contribution is -2.48. The standard InChI is InChI=1S/C29H37N3O2/c1-34-29-21-24(13-14-28(29)33)22-30-15-8-16-31-17-19-32(20-18-31)23-27(25-9-4-2-5-10-25)26-11-6-3-7-12-26/h2-7,9-14,21,27,30,33H,8,15-20,22-23H2,1H3. The molecular formula is C29H37N3O2. The molecule has 0 atom stereocenters. The Hall–Kier alpha value is -2.86. The molecule has 3 aromatic rings. The molecule has 5 heteroatoms. The molecule has 0 aliphatic carbocycles. The van der Waals surface area contributed by atoms with Gasteiger partial charge in [0.25, 0.3) is 0 Å². The van der Waals surface area contributed by atoms with Crippen molar-refractivity contribution < 1.29 is 9.84 Å². The topological polar surface area (TPSA) is 48.0 Å². The molecule has 0 saturated carbocycles. The van der Waals surface area contributed by atoms with E-state index in [1.807, 2.05) is 12.1 Å². The Kier molecular flexibility index (Phi) is 8.97. The average molecular weight is 460 g/mol. The fraction of sp³-hybridized carbons (Fsp3) is 0.379. The lowest BCUT2D eigenvalue weighted by atomic mass is 9.90. The van der Waals surface area contributed by atoms with E-state index in [1.54, 1.807) is 13.2 Å². The molecule has 34 heavy (non-hydrogen) atoms. The molecule has 0 amide bonds. The smallest absolute Gasteiger partial charge is 0.160 e. The van der Waals surface area contributed by atoms with Crippen LogP contribution in [-0.4, -0.2) is 67.8 Å². The van der Waals surface area contributed by atoms with E-state index in [-0.39, 0.29) is 5.75 Å². The van der Waals surface area contributed by atoms with E-state index in [2.05, 4.69) is 75.8 Å². The fourth-order valence-corrected chi connectivity index (χ4v) is 4.72. The molecule has 2 N–H and O–H groups in total. The van der Waals surface area contributed by atoms with Crippen LogP contribution in [0.25, 0.3) is 0 Å². The number of piperazine rings is 1. The number of methoxy groups -OCH3 is 1. The van der Waals surface area contributed by atoms with Crippen LogP contribution in [0.3, 0.4) is 0 Å². The van der Waals surface area contributed by atoms with Gasteiger partial charge in [0, 0.05) is 45.2 Å². The second-order valence-corrected chi connectivity index (χ2v) is 9.05. The second-order valence-electron chi connectivity index (χ2n) is 9.05. The summed E-state index contributed by atoms with van der Waals surface area (Å²) in [5.41, 5.74) is 3.91. The van der Waals surface area contributed by atoms with E-state index in [0.717, 1.165) is 64.3 Å². The molecule has 0 aromatic heterocycles. The van der Waals surface area contributed by atoms with Gasteiger partial charge in [-0.1, -0.05) is 66.7 Å². The second kappa shape index (κ2) is 12.6. The molecule has 180 valence electrons. The molecule has 1 saturated heterocycles. The predicted molar refractivity (Wildman–Crippen MR) is 139 cm³/mol. The third-order valence-corrected chi connectivity index (χ3v) is 6.71.